The fourth-order valence-electron chi connectivity index (χ4n) is 4.01. The van der Waals surface area contributed by atoms with Crippen LogP contribution < -0.4 is 5.32 Å². The molecule has 3 aromatic carbocycles. The van der Waals surface area contributed by atoms with Gasteiger partial charge in [0.2, 0.25) is 5.91 Å². The van der Waals surface area contributed by atoms with Gasteiger partial charge in [0, 0.05) is 13.5 Å². The Morgan fingerprint density at radius 1 is 0.949 bits per heavy atom. The van der Waals surface area contributed by atoms with Crippen molar-refractivity contribution in [2.75, 3.05) is 25.5 Å². The van der Waals surface area contributed by atoms with Crippen molar-refractivity contribution in [1.29, 1.82) is 0 Å². The van der Waals surface area contributed by atoms with Crippen molar-refractivity contribution in [2.24, 2.45) is 0 Å². The highest BCUT2D eigenvalue weighted by atomic mass is 16.6. The first-order valence-corrected chi connectivity index (χ1v) is 12.8. The number of carbonyl (C=O) groups excluding carboxylic acids is 3. The van der Waals surface area contributed by atoms with Crippen molar-refractivity contribution in [1.82, 2.24) is 4.90 Å². The lowest BCUT2D eigenvalue weighted by atomic mass is 10.00. The average molecular weight is 533 g/mol. The van der Waals surface area contributed by atoms with Gasteiger partial charge in [-0.1, -0.05) is 60.7 Å². The largest absolute Gasteiger partial charge is 0.465 e. The van der Waals surface area contributed by atoms with Gasteiger partial charge in [0.25, 0.3) is 0 Å². The van der Waals surface area contributed by atoms with E-state index in [1.54, 1.807) is 18.2 Å². The van der Waals surface area contributed by atoms with E-state index in [1.165, 1.54) is 18.9 Å². The minimum absolute atomic E-state index is 0.107. The fraction of sp³-hybridized carbons (Fsp3) is 0.323. The summed E-state index contributed by atoms with van der Waals surface area (Å²) in [6.07, 6.45) is -0.767. The monoisotopic (exact) mass is 532 g/mol. The Balaban J connectivity index is 1.75. The Kier molecular flexibility index (Phi) is 9.84. The predicted molar refractivity (Wildman–Crippen MR) is 150 cm³/mol. The Bertz CT molecular complexity index is 1280. The molecular weight excluding hydrogens is 496 g/mol. The molecule has 0 unspecified atom stereocenters. The van der Waals surface area contributed by atoms with Crippen molar-refractivity contribution >= 4 is 23.7 Å². The Morgan fingerprint density at radius 2 is 1.59 bits per heavy atom. The summed E-state index contributed by atoms with van der Waals surface area (Å²) in [4.78, 5) is 38.2. The topological polar surface area (TPSA) is 105 Å². The number of carbonyl (C=O) groups is 3. The summed E-state index contributed by atoms with van der Waals surface area (Å²) in [5, 5.41) is 13.4. The van der Waals surface area contributed by atoms with Crippen LogP contribution in [0.3, 0.4) is 0 Å². The molecule has 0 aliphatic rings. The fourth-order valence-corrected chi connectivity index (χ4v) is 4.01. The minimum Gasteiger partial charge on any atom is -0.465 e. The molecule has 0 spiro atoms. The lowest BCUT2D eigenvalue weighted by Crippen LogP contribution is -2.40. The van der Waals surface area contributed by atoms with Crippen LogP contribution in [0.5, 0.6) is 0 Å². The second-order valence-corrected chi connectivity index (χ2v) is 10.2. The summed E-state index contributed by atoms with van der Waals surface area (Å²) < 4.78 is 10.4. The molecule has 39 heavy (non-hydrogen) atoms. The van der Waals surface area contributed by atoms with E-state index in [0.717, 1.165) is 22.3 Å². The first-order chi connectivity index (χ1) is 18.5. The Hall–Kier alpha value is -4.17. The zero-order valence-electron chi connectivity index (χ0n) is 23.1. The third-order valence-corrected chi connectivity index (χ3v) is 5.92. The maximum atomic E-state index is 12.9. The first-order valence-electron chi connectivity index (χ1n) is 12.8. The van der Waals surface area contributed by atoms with Crippen molar-refractivity contribution < 1.29 is 29.0 Å². The lowest BCUT2D eigenvalue weighted by Gasteiger charge is -2.29. The van der Waals surface area contributed by atoms with E-state index in [9.17, 15) is 19.5 Å². The summed E-state index contributed by atoms with van der Waals surface area (Å²) in [5.41, 5.74) is 3.43. The second-order valence-electron chi connectivity index (χ2n) is 10.2. The zero-order valence-corrected chi connectivity index (χ0v) is 23.1. The van der Waals surface area contributed by atoms with Gasteiger partial charge in [0.1, 0.15) is 5.60 Å². The number of rotatable bonds is 9. The minimum atomic E-state index is -0.841. The molecule has 0 saturated heterocycles. The van der Waals surface area contributed by atoms with E-state index in [0.29, 0.717) is 18.7 Å². The predicted octanol–water partition coefficient (Wildman–Crippen LogP) is 5.61. The molecule has 206 valence electrons. The maximum absolute atomic E-state index is 12.9. The van der Waals surface area contributed by atoms with Gasteiger partial charge in [-0.15, -0.1) is 0 Å². The number of nitrogens with zero attached hydrogens (tertiary/aromatic N) is 1. The molecule has 0 saturated carbocycles. The molecule has 0 aromatic heterocycles. The van der Waals surface area contributed by atoms with Crippen molar-refractivity contribution in [3.63, 3.8) is 0 Å². The number of aliphatic hydroxyl groups excluding tert-OH is 1. The third kappa shape index (κ3) is 8.68. The summed E-state index contributed by atoms with van der Waals surface area (Å²) in [6.45, 7) is 7.27. The second kappa shape index (κ2) is 13.1. The molecule has 1 atom stereocenters. The lowest BCUT2D eigenvalue weighted by molar-refractivity contribution is -0.114. The summed E-state index contributed by atoms with van der Waals surface area (Å²) >= 11 is 0. The molecule has 0 aliphatic heterocycles. The standard InChI is InChI=1S/C31H36N2O6/c1-21(34)32-27-19-25(15-16-26(27)29(36)38-5)23-13-11-22(12-14-23)17-18-33(30(37)39-31(2,3)4)20-28(35)24-9-7-6-8-10-24/h6-16,19,28,35H,17-18,20H2,1-5H3,(H,32,34)/t28-/m0/s1. The highest BCUT2D eigenvalue weighted by Gasteiger charge is 2.24. The molecule has 8 heteroatoms. The summed E-state index contributed by atoms with van der Waals surface area (Å²) in [5.74, 6) is -0.827. The molecule has 2 N–H and O–H groups in total. The molecule has 0 radical (unpaired) electrons. The zero-order chi connectivity index (χ0) is 28.6. The molecule has 0 aliphatic carbocycles. The number of amides is 2. The van der Waals surface area contributed by atoms with Gasteiger partial charge in [-0.3, -0.25) is 4.79 Å². The highest BCUT2D eigenvalue weighted by molar-refractivity contribution is 6.01. The molecule has 0 heterocycles. The first kappa shape index (κ1) is 29.4. The SMILES string of the molecule is COC(=O)c1ccc(-c2ccc(CCN(C[C@H](O)c3ccccc3)C(=O)OC(C)(C)C)cc2)cc1NC(C)=O. The van der Waals surface area contributed by atoms with E-state index in [2.05, 4.69) is 5.32 Å². The Labute approximate surface area is 229 Å². The van der Waals surface area contributed by atoms with Gasteiger partial charge in [0.05, 0.1) is 31.0 Å². The third-order valence-electron chi connectivity index (χ3n) is 5.92. The van der Waals surface area contributed by atoms with E-state index < -0.39 is 23.8 Å². The maximum Gasteiger partial charge on any atom is 0.410 e. The summed E-state index contributed by atoms with van der Waals surface area (Å²) in [7, 11) is 1.29. The quantitative estimate of drug-likeness (QED) is 0.347. The van der Waals surface area contributed by atoms with Crippen molar-refractivity contribution in [3.8, 4) is 11.1 Å². The molecule has 3 rings (SSSR count). The van der Waals surface area contributed by atoms with Crippen LogP contribution in [0.2, 0.25) is 0 Å². The van der Waals surface area contributed by atoms with Crippen molar-refractivity contribution in [2.45, 2.75) is 45.8 Å². The number of aliphatic hydroxyl groups is 1. The molecule has 0 fully saturated rings. The number of methoxy groups -OCH3 is 1. The number of ether oxygens (including phenoxy) is 2. The molecular formula is C31H36N2O6. The van der Waals surface area contributed by atoms with Gasteiger partial charge in [0.15, 0.2) is 0 Å². The van der Waals surface area contributed by atoms with E-state index in [1.807, 2.05) is 75.4 Å². The van der Waals surface area contributed by atoms with Crippen LogP contribution >= 0.6 is 0 Å². The normalized spacial score (nSPS) is 11.8. The number of hydrogen-bond donors (Lipinski definition) is 2. The van der Waals surface area contributed by atoms with Gasteiger partial charge < -0.3 is 24.8 Å². The number of benzene rings is 3. The van der Waals surface area contributed by atoms with Crippen LogP contribution in [0.25, 0.3) is 11.1 Å². The van der Waals surface area contributed by atoms with Crippen LogP contribution in [-0.4, -0.2) is 53.8 Å². The average Bonchev–Trinajstić information content (AvgIpc) is 2.90. The van der Waals surface area contributed by atoms with Crippen LogP contribution in [0.4, 0.5) is 10.5 Å². The van der Waals surface area contributed by atoms with Crippen LogP contribution in [-0.2, 0) is 20.7 Å². The van der Waals surface area contributed by atoms with Crippen LogP contribution in [0.1, 0.15) is 55.3 Å². The van der Waals surface area contributed by atoms with Crippen LogP contribution in [0, 0.1) is 0 Å². The van der Waals surface area contributed by atoms with E-state index in [4.69, 9.17) is 9.47 Å². The smallest absolute Gasteiger partial charge is 0.410 e. The molecule has 8 nitrogen and oxygen atoms in total. The molecule has 3 aromatic rings. The van der Waals surface area contributed by atoms with Crippen LogP contribution in [0.15, 0.2) is 72.8 Å². The number of hydrogen-bond acceptors (Lipinski definition) is 6. The van der Waals surface area contributed by atoms with Crippen molar-refractivity contribution in [3.05, 3.63) is 89.5 Å². The van der Waals surface area contributed by atoms with Gasteiger partial charge in [-0.25, -0.2) is 9.59 Å². The summed E-state index contributed by atoms with van der Waals surface area (Å²) in [6, 6.07) is 22.2. The van der Waals surface area contributed by atoms with Gasteiger partial charge in [-0.05, 0) is 61.6 Å². The number of esters is 1. The number of anilines is 1. The highest BCUT2D eigenvalue weighted by Crippen LogP contribution is 2.27. The number of nitrogens with one attached hydrogen (secondary N) is 1. The Morgan fingerprint density at radius 3 is 2.18 bits per heavy atom. The van der Waals surface area contributed by atoms with E-state index >= 15 is 0 Å². The van der Waals surface area contributed by atoms with Gasteiger partial charge in [-0.2, -0.15) is 0 Å². The molecule has 0 bridgehead atoms. The van der Waals surface area contributed by atoms with E-state index in [-0.39, 0.29) is 18.0 Å². The molecule has 2 amide bonds. The van der Waals surface area contributed by atoms with Gasteiger partial charge >= 0.3 is 12.1 Å².